The van der Waals surface area contributed by atoms with Crippen LogP contribution in [0.4, 0.5) is 0 Å². The zero-order chi connectivity index (χ0) is 18.4. The average Bonchev–Trinajstić information content (AvgIpc) is 3.08. The minimum absolute atomic E-state index is 0.275. The van der Waals surface area contributed by atoms with Crippen molar-refractivity contribution in [1.82, 2.24) is 15.0 Å². The molecule has 7 heteroatoms. The molecule has 0 aromatic carbocycles. The highest BCUT2D eigenvalue weighted by Crippen LogP contribution is 2.25. The van der Waals surface area contributed by atoms with Crippen molar-refractivity contribution in [3.05, 3.63) is 52.8 Å². The maximum atomic E-state index is 12.6. The molecule has 1 atom stereocenters. The van der Waals surface area contributed by atoms with Crippen molar-refractivity contribution in [1.29, 1.82) is 0 Å². The third-order valence-corrected chi connectivity index (χ3v) is 4.93. The Balaban J connectivity index is 2.15. The summed E-state index contributed by atoms with van der Waals surface area (Å²) >= 11 is 0. The van der Waals surface area contributed by atoms with Gasteiger partial charge in [-0.05, 0) is 39.0 Å². The molecule has 1 N–H and O–H groups in total. The quantitative estimate of drug-likeness (QED) is 0.605. The van der Waals surface area contributed by atoms with Gasteiger partial charge in [-0.3, -0.25) is 9.19 Å². The molecular weight excluding hydrogens is 338 g/mol. The molecule has 2 aromatic rings. The van der Waals surface area contributed by atoms with Crippen molar-refractivity contribution in [2.24, 2.45) is 0 Å². The number of H-pyrrole nitrogens is 1. The van der Waals surface area contributed by atoms with Gasteiger partial charge in [0.05, 0.1) is 48.4 Å². The number of nitrogens with one attached hydrogen (secondary N) is 1. The second-order valence-electron chi connectivity index (χ2n) is 5.41. The number of aromatic amines is 1. The molecule has 0 aliphatic heterocycles. The van der Waals surface area contributed by atoms with E-state index >= 15 is 0 Å². The maximum absolute atomic E-state index is 12.6. The summed E-state index contributed by atoms with van der Waals surface area (Å²) in [6.07, 6.45) is 8.87. The molecule has 0 aliphatic rings. The number of aromatic nitrogens is 3. The van der Waals surface area contributed by atoms with Crippen molar-refractivity contribution in [3.8, 4) is 5.75 Å². The molecule has 134 valence electrons. The Morgan fingerprint density at radius 1 is 1.28 bits per heavy atom. The van der Waals surface area contributed by atoms with E-state index in [0.29, 0.717) is 5.16 Å². The summed E-state index contributed by atoms with van der Waals surface area (Å²) in [5.41, 5.74) is 3.36. The van der Waals surface area contributed by atoms with E-state index < -0.39 is 10.8 Å². The average molecular weight is 361 g/mol. The number of rotatable bonds is 7. The molecule has 0 amide bonds. The number of pyridine rings is 1. The molecule has 2 aromatic heterocycles. The van der Waals surface area contributed by atoms with Gasteiger partial charge in [0.2, 0.25) is 0 Å². The van der Waals surface area contributed by atoms with Crippen molar-refractivity contribution >= 4 is 16.9 Å². The van der Waals surface area contributed by atoms with Crippen LogP contribution in [0, 0.1) is 13.8 Å². The number of nitrogens with zero attached hydrogens (tertiary/aromatic N) is 2. The molecule has 0 radical (unpaired) electrons. The molecule has 2 heterocycles. The maximum Gasteiger partial charge on any atom is 0.197 e. The van der Waals surface area contributed by atoms with Crippen molar-refractivity contribution in [2.75, 3.05) is 14.2 Å². The van der Waals surface area contributed by atoms with Gasteiger partial charge < -0.3 is 14.5 Å². The van der Waals surface area contributed by atoms with Gasteiger partial charge in [0, 0.05) is 17.3 Å². The fourth-order valence-corrected chi connectivity index (χ4v) is 3.46. The topological polar surface area (TPSA) is 77.1 Å². The standard InChI is InChI=1S/C18H23N3O3S/c1-6-15(23-4)8-7-14-10-20-18(21-14)25(22)11-16-13(3)17(24-5)12(2)9-19-16/h6-10H,11H2,1-5H3,(H,20,21)/b8-7-,15-6+. The monoisotopic (exact) mass is 361 g/mol. The first kappa shape index (κ1) is 18.9. The largest absolute Gasteiger partial charge is 0.497 e. The Morgan fingerprint density at radius 2 is 2.04 bits per heavy atom. The van der Waals surface area contributed by atoms with Gasteiger partial charge in [0.1, 0.15) is 11.5 Å². The lowest BCUT2D eigenvalue weighted by molar-refractivity contribution is 0.306. The molecule has 0 aliphatic carbocycles. The van der Waals surface area contributed by atoms with Crippen LogP contribution in [0.1, 0.15) is 29.4 Å². The first-order valence-corrected chi connectivity index (χ1v) is 9.12. The SMILES string of the molecule is C/C=C(\C=C/c1cnc(S(=O)Cc2ncc(C)c(OC)c2C)[nH]1)OC. The molecular formula is C18H23N3O3S. The van der Waals surface area contributed by atoms with Crippen LogP contribution in [0.3, 0.4) is 0 Å². The van der Waals surface area contributed by atoms with Crippen molar-refractivity contribution < 1.29 is 13.7 Å². The fraction of sp³-hybridized carbons (Fsp3) is 0.333. The summed E-state index contributed by atoms with van der Waals surface area (Å²) in [6, 6.07) is 0. The first-order chi connectivity index (χ1) is 12.0. The van der Waals surface area contributed by atoms with Crippen LogP contribution in [0.2, 0.25) is 0 Å². The van der Waals surface area contributed by atoms with E-state index in [9.17, 15) is 4.21 Å². The van der Waals surface area contributed by atoms with Gasteiger partial charge in [0.15, 0.2) is 5.16 Å². The van der Waals surface area contributed by atoms with Crippen molar-refractivity contribution in [3.63, 3.8) is 0 Å². The fourth-order valence-electron chi connectivity index (χ4n) is 2.38. The lowest BCUT2D eigenvalue weighted by Crippen LogP contribution is -2.05. The van der Waals surface area contributed by atoms with Crippen molar-refractivity contribution in [2.45, 2.75) is 31.7 Å². The molecule has 0 spiro atoms. The molecule has 1 unspecified atom stereocenters. The molecule has 0 fully saturated rings. The second kappa shape index (κ2) is 8.62. The summed E-state index contributed by atoms with van der Waals surface area (Å²) in [6.45, 7) is 5.75. The summed E-state index contributed by atoms with van der Waals surface area (Å²) in [4.78, 5) is 11.6. The van der Waals surface area contributed by atoms with E-state index in [-0.39, 0.29) is 5.75 Å². The number of ether oxygens (including phenoxy) is 2. The highest BCUT2D eigenvalue weighted by molar-refractivity contribution is 7.84. The number of aryl methyl sites for hydroxylation is 1. The summed E-state index contributed by atoms with van der Waals surface area (Å²) in [5, 5.41) is 0.417. The first-order valence-electron chi connectivity index (χ1n) is 7.81. The van der Waals surface area contributed by atoms with Crippen LogP contribution in [-0.2, 0) is 21.3 Å². The molecule has 0 saturated carbocycles. The lowest BCUT2D eigenvalue weighted by atomic mass is 10.1. The molecule has 6 nitrogen and oxygen atoms in total. The zero-order valence-corrected chi connectivity index (χ0v) is 15.9. The van der Waals surface area contributed by atoms with Crippen LogP contribution >= 0.6 is 0 Å². The number of hydrogen-bond acceptors (Lipinski definition) is 5. The Labute approximate surface area is 150 Å². The Bertz CT molecular complexity index is 825. The van der Waals surface area contributed by atoms with Gasteiger partial charge in [-0.1, -0.05) is 0 Å². The highest BCUT2D eigenvalue weighted by Gasteiger charge is 2.15. The van der Waals surface area contributed by atoms with Gasteiger partial charge in [0.25, 0.3) is 0 Å². The van der Waals surface area contributed by atoms with Gasteiger partial charge in [-0.15, -0.1) is 0 Å². The van der Waals surface area contributed by atoms with E-state index in [1.165, 1.54) is 0 Å². The predicted octanol–water partition coefficient (Wildman–Crippen LogP) is 3.30. The predicted molar refractivity (Wildman–Crippen MR) is 98.8 cm³/mol. The highest BCUT2D eigenvalue weighted by atomic mass is 32.2. The normalized spacial score (nSPS) is 13.2. The molecule has 0 bridgehead atoms. The number of hydrogen-bond donors (Lipinski definition) is 1. The second-order valence-corrected chi connectivity index (χ2v) is 6.77. The van der Waals surface area contributed by atoms with Crippen LogP contribution < -0.4 is 4.74 Å². The minimum atomic E-state index is -1.32. The lowest BCUT2D eigenvalue weighted by Gasteiger charge is -2.11. The van der Waals surface area contributed by atoms with Gasteiger partial charge in [-0.2, -0.15) is 0 Å². The molecule has 2 rings (SSSR count). The Morgan fingerprint density at radius 3 is 2.68 bits per heavy atom. The van der Waals surface area contributed by atoms with Crippen LogP contribution in [0.25, 0.3) is 6.08 Å². The van der Waals surface area contributed by atoms with E-state index in [1.807, 2.05) is 39.0 Å². The van der Waals surface area contributed by atoms with E-state index in [1.54, 1.807) is 26.6 Å². The van der Waals surface area contributed by atoms with E-state index in [4.69, 9.17) is 9.47 Å². The molecule has 0 saturated heterocycles. The summed E-state index contributed by atoms with van der Waals surface area (Å²) in [5.74, 6) is 1.80. The summed E-state index contributed by atoms with van der Waals surface area (Å²) < 4.78 is 23.1. The number of methoxy groups -OCH3 is 2. The Hall–Kier alpha value is -2.41. The molecule has 25 heavy (non-hydrogen) atoms. The van der Waals surface area contributed by atoms with Crippen LogP contribution in [0.15, 0.2) is 35.5 Å². The minimum Gasteiger partial charge on any atom is -0.497 e. The van der Waals surface area contributed by atoms with Crippen LogP contribution in [0.5, 0.6) is 5.75 Å². The third kappa shape index (κ3) is 4.57. The summed E-state index contributed by atoms with van der Waals surface area (Å²) in [7, 11) is 1.91. The number of imidazole rings is 1. The smallest absolute Gasteiger partial charge is 0.197 e. The zero-order valence-electron chi connectivity index (χ0n) is 15.1. The van der Waals surface area contributed by atoms with E-state index in [0.717, 1.165) is 34.0 Å². The Kier molecular flexibility index (Phi) is 6.52. The van der Waals surface area contributed by atoms with Crippen LogP contribution in [-0.4, -0.2) is 33.4 Å². The van der Waals surface area contributed by atoms with Gasteiger partial charge >= 0.3 is 0 Å². The van der Waals surface area contributed by atoms with Gasteiger partial charge in [-0.25, -0.2) is 4.98 Å². The number of allylic oxidation sites excluding steroid dienone is 2. The third-order valence-electron chi connectivity index (χ3n) is 3.75. The van der Waals surface area contributed by atoms with E-state index in [2.05, 4.69) is 15.0 Å².